The summed E-state index contributed by atoms with van der Waals surface area (Å²) in [5.41, 5.74) is 0. The van der Waals surface area contributed by atoms with Gasteiger partial charge in [-0.25, -0.2) is 13.2 Å². The Balaban J connectivity index is 6.86. The summed E-state index contributed by atoms with van der Waals surface area (Å²) < 4.78 is 241. The molecule has 0 saturated heterocycles. The van der Waals surface area contributed by atoms with Crippen LogP contribution in [0.2, 0.25) is 0 Å². The third kappa shape index (κ3) is 5.01. The van der Waals surface area contributed by atoms with Gasteiger partial charge in [-0.15, -0.1) is 0 Å². The molecule has 20 heteroatoms. The standard InChI is InChI=1S/C11H3F19O/c12-2(6(17,18)8(21,22)9(23,24)11(28,29)30)3(7(19,20)10(25,26)27)31-1-5(15,16)4(13)14/h4H,1H2/b3-2+. The minimum absolute atomic E-state index is 2.47. The summed E-state index contributed by atoms with van der Waals surface area (Å²) in [4.78, 5) is 0. The minimum Gasteiger partial charge on any atom is -0.482 e. The molecule has 186 valence electrons. The maximum absolute atomic E-state index is 13.5. The second kappa shape index (κ2) is 7.96. The first-order valence-corrected chi connectivity index (χ1v) is 6.53. The molecular formula is C11H3F19O. The molecule has 0 aliphatic rings. The van der Waals surface area contributed by atoms with Gasteiger partial charge in [-0.1, -0.05) is 0 Å². The zero-order chi connectivity index (χ0) is 25.6. The van der Waals surface area contributed by atoms with E-state index in [0.29, 0.717) is 0 Å². The van der Waals surface area contributed by atoms with E-state index in [1.54, 1.807) is 0 Å². The van der Waals surface area contributed by atoms with Crippen LogP contribution in [0.5, 0.6) is 0 Å². The summed E-state index contributed by atoms with van der Waals surface area (Å²) in [5.74, 6) is -47.2. The smallest absolute Gasteiger partial charge is 0.461 e. The Morgan fingerprint density at radius 1 is 0.581 bits per heavy atom. The summed E-state index contributed by atoms with van der Waals surface area (Å²) in [7, 11) is 0. The van der Waals surface area contributed by atoms with Crippen molar-refractivity contribution in [2.75, 3.05) is 6.61 Å². The van der Waals surface area contributed by atoms with Gasteiger partial charge in [0.15, 0.2) is 6.61 Å². The highest BCUT2D eigenvalue weighted by atomic mass is 19.4. The first kappa shape index (κ1) is 29.2. The van der Waals surface area contributed by atoms with E-state index >= 15 is 0 Å². The molecular weight excluding hydrogens is 509 g/mol. The molecule has 0 bridgehead atoms. The van der Waals surface area contributed by atoms with Crippen LogP contribution in [0.1, 0.15) is 0 Å². The van der Waals surface area contributed by atoms with Gasteiger partial charge in [0.2, 0.25) is 11.6 Å². The van der Waals surface area contributed by atoms with Gasteiger partial charge < -0.3 is 4.74 Å². The van der Waals surface area contributed by atoms with E-state index in [2.05, 4.69) is 4.74 Å². The predicted molar refractivity (Wildman–Crippen MR) is 56.9 cm³/mol. The van der Waals surface area contributed by atoms with E-state index in [-0.39, 0.29) is 0 Å². The summed E-state index contributed by atoms with van der Waals surface area (Å²) in [6.07, 6.45) is -20.1. The van der Waals surface area contributed by atoms with Crippen molar-refractivity contribution in [3.63, 3.8) is 0 Å². The summed E-state index contributed by atoms with van der Waals surface area (Å²) in [6.45, 7) is -3.55. The maximum Gasteiger partial charge on any atom is 0.461 e. The molecule has 0 heterocycles. The Bertz CT molecular complexity index is 665. The number of rotatable bonds is 8. The van der Waals surface area contributed by atoms with E-state index in [4.69, 9.17) is 0 Å². The first-order valence-electron chi connectivity index (χ1n) is 6.53. The third-order valence-corrected chi connectivity index (χ3v) is 2.99. The van der Waals surface area contributed by atoms with Gasteiger partial charge in [0, 0.05) is 0 Å². The Morgan fingerprint density at radius 2 is 0.968 bits per heavy atom. The quantitative estimate of drug-likeness (QED) is 0.259. The van der Waals surface area contributed by atoms with Crippen LogP contribution < -0.4 is 0 Å². The first-order chi connectivity index (χ1) is 13.2. The third-order valence-electron chi connectivity index (χ3n) is 2.99. The number of hydrogen-bond donors (Lipinski definition) is 0. The average molecular weight is 512 g/mol. The SMILES string of the molecule is F/C(=C(/OCC(F)(F)C(F)F)C(F)(F)C(F)(F)F)C(F)(F)C(F)(F)C(F)(F)C(F)(F)F. The van der Waals surface area contributed by atoms with Crippen molar-refractivity contribution in [3.8, 4) is 0 Å². The second-order valence-electron chi connectivity index (χ2n) is 5.29. The molecule has 0 amide bonds. The van der Waals surface area contributed by atoms with Gasteiger partial charge in [0.25, 0.3) is 0 Å². The van der Waals surface area contributed by atoms with Crippen molar-refractivity contribution < 1.29 is 88.2 Å². The van der Waals surface area contributed by atoms with Gasteiger partial charge in [-0.2, -0.15) is 70.2 Å². The molecule has 0 aliphatic heterocycles. The van der Waals surface area contributed by atoms with Crippen molar-refractivity contribution in [3.05, 3.63) is 11.6 Å². The topological polar surface area (TPSA) is 9.23 Å². The van der Waals surface area contributed by atoms with Crippen molar-refractivity contribution >= 4 is 0 Å². The molecule has 1 nitrogen and oxygen atoms in total. The number of allylic oxidation sites excluding steroid dienone is 2. The maximum atomic E-state index is 13.5. The van der Waals surface area contributed by atoms with Crippen LogP contribution >= 0.6 is 0 Å². The Labute approximate surface area is 156 Å². The molecule has 31 heavy (non-hydrogen) atoms. The Morgan fingerprint density at radius 3 is 1.26 bits per heavy atom. The van der Waals surface area contributed by atoms with Crippen LogP contribution in [0.15, 0.2) is 11.6 Å². The highest BCUT2D eigenvalue weighted by Gasteiger charge is 2.84. The Kier molecular flexibility index (Phi) is 7.50. The lowest BCUT2D eigenvalue weighted by atomic mass is 10.0. The van der Waals surface area contributed by atoms with Crippen LogP contribution in [0.3, 0.4) is 0 Å². The Hall–Kier alpha value is -1.79. The van der Waals surface area contributed by atoms with Crippen molar-refractivity contribution in [1.29, 1.82) is 0 Å². The largest absolute Gasteiger partial charge is 0.482 e. The number of ether oxygens (including phenoxy) is 1. The fraction of sp³-hybridized carbons (Fsp3) is 0.818. The lowest BCUT2D eigenvalue weighted by Gasteiger charge is -2.34. The molecule has 0 fully saturated rings. The van der Waals surface area contributed by atoms with E-state index < -0.39 is 66.6 Å². The van der Waals surface area contributed by atoms with E-state index in [1.165, 1.54) is 0 Å². The zero-order valence-electron chi connectivity index (χ0n) is 13.4. The van der Waals surface area contributed by atoms with Gasteiger partial charge >= 0.3 is 48.4 Å². The van der Waals surface area contributed by atoms with Crippen LogP contribution in [0.25, 0.3) is 0 Å². The van der Waals surface area contributed by atoms with Gasteiger partial charge in [-0.05, 0) is 0 Å². The lowest BCUT2D eigenvalue weighted by molar-refractivity contribution is -0.392. The van der Waals surface area contributed by atoms with Crippen molar-refractivity contribution in [2.24, 2.45) is 0 Å². The van der Waals surface area contributed by atoms with E-state index in [0.717, 1.165) is 0 Å². The molecule has 0 spiro atoms. The van der Waals surface area contributed by atoms with Gasteiger partial charge in [-0.3, -0.25) is 0 Å². The van der Waals surface area contributed by atoms with E-state index in [1.807, 2.05) is 0 Å². The number of hydrogen-bond acceptors (Lipinski definition) is 1. The fourth-order valence-corrected chi connectivity index (χ4v) is 1.31. The highest BCUT2D eigenvalue weighted by molar-refractivity contribution is 5.24. The molecule has 0 aliphatic carbocycles. The van der Waals surface area contributed by atoms with Crippen molar-refractivity contribution in [2.45, 2.75) is 48.4 Å². The average Bonchev–Trinajstić information content (AvgIpc) is 2.51. The lowest BCUT2D eigenvalue weighted by Crippen LogP contribution is -2.61. The summed E-state index contributed by atoms with van der Waals surface area (Å²) in [6, 6.07) is 0. The van der Waals surface area contributed by atoms with Crippen LogP contribution in [0.4, 0.5) is 83.4 Å². The second-order valence-corrected chi connectivity index (χ2v) is 5.29. The number of alkyl halides is 18. The monoisotopic (exact) mass is 512 g/mol. The van der Waals surface area contributed by atoms with Gasteiger partial charge in [0.1, 0.15) is 0 Å². The van der Waals surface area contributed by atoms with Crippen molar-refractivity contribution in [1.82, 2.24) is 0 Å². The highest BCUT2D eigenvalue weighted by Crippen LogP contribution is 2.57. The molecule has 0 atom stereocenters. The van der Waals surface area contributed by atoms with Crippen LogP contribution in [-0.2, 0) is 4.74 Å². The zero-order valence-corrected chi connectivity index (χ0v) is 13.4. The fourth-order valence-electron chi connectivity index (χ4n) is 1.31. The molecule has 0 rings (SSSR count). The van der Waals surface area contributed by atoms with Crippen LogP contribution in [-0.4, -0.2) is 55.0 Å². The number of halogens is 19. The molecule has 0 aromatic rings. The van der Waals surface area contributed by atoms with Gasteiger partial charge in [0.05, 0.1) is 0 Å². The normalized spacial score (nSPS) is 16.5. The summed E-state index contributed by atoms with van der Waals surface area (Å²) in [5, 5.41) is 0. The predicted octanol–water partition coefficient (Wildman–Crippen LogP) is 6.75. The van der Waals surface area contributed by atoms with Crippen LogP contribution in [0, 0.1) is 0 Å². The summed E-state index contributed by atoms with van der Waals surface area (Å²) >= 11 is 0. The molecule has 0 aromatic carbocycles. The molecule has 0 radical (unpaired) electrons. The molecule has 0 N–H and O–H groups in total. The minimum atomic E-state index is -8.15. The molecule has 0 unspecified atom stereocenters. The van der Waals surface area contributed by atoms with E-state index in [9.17, 15) is 83.4 Å². The molecule has 0 aromatic heterocycles. The molecule has 0 saturated carbocycles.